The third kappa shape index (κ3) is 5.21. The third-order valence-electron chi connectivity index (χ3n) is 4.94. The summed E-state index contributed by atoms with van der Waals surface area (Å²) in [7, 11) is 1.66. The van der Waals surface area contributed by atoms with Gasteiger partial charge in [-0.25, -0.2) is 0 Å². The molecule has 0 bridgehead atoms. The molecule has 1 fully saturated rings. The van der Waals surface area contributed by atoms with Gasteiger partial charge in [0.2, 0.25) is 0 Å². The smallest absolute Gasteiger partial charge is 0.161 e. The Morgan fingerprint density at radius 2 is 1.81 bits per heavy atom. The second kappa shape index (κ2) is 9.58. The summed E-state index contributed by atoms with van der Waals surface area (Å²) >= 11 is 5.57. The van der Waals surface area contributed by atoms with E-state index in [9.17, 15) is 0 Å². The summed E-state index contributed by atoms with van der Waals surface area (Å²) in [5.41, 5.74) is 2.10. The lowest BCUT2D eigenvalue weighted by atomic mass is 9.89. The van der Waals surface area contributed by atoms with Crippen LogP contribution < -0.4 is 14.8 Å². The molecule has 26 heavy (non-hydrogen) atoms. The lowest BCUT2D eigenvalue weighted by molar-refractivity contribution is 0.284. The molecule has 1 aliphatic carbocycles. The van der Waals surface area contributed by atoms with Crippen LogP contribution in [-0.2, 0) is 6.61 Å². The van der Waals surface area contributed by atoms with Gasteiger partial charge in [0.1, 0.15) is 11.6 Å². The summed E-state index contributed by atoms with van der Waals surface area (Å²) < 4.78 is 11.4. The highest BCUT2D eigenvalue weighted by atomic mass is 32.1. The fourth-order valence-corrected chi connectivity index (χ4v) is 3.60. The van der Waals surface area contributed by atoms with Crippen LogP contribution in [0, 0.1) is 5.92 Å². The van der Waals surface area contributed by atoms with Gasteiger partial charge in [-0.2, -0.15) is 0 Å². The number of hydrogen-bond acceptors (Lipinski definition) is 3. The molecule has 2 aromatic rings. The summed E-state index contributed by atoms with van der Waals surface area (Å²) in [6.45, 7) is 1.48. The number of nitrogens with one attached hydrogen (secondary N) is 1. The minimum absolute atomic E-state index is 0.515. The van der Waals surface area contributed by atoms with E-state index >= 15 is 0 Å². The van der Waals surface area contributed by atoms with Gasteiger partial charge in [0, 0.05) is 12.1 Å². The average molecular weight is 370 g/mol. The second-order valence-electron chi connectivity index (χ2n) is 6.85. The summed E-state index contributed by atoms with van der Waals surface area (Å²) in [4.78, 5) is 0.781. The Bertz CT molecular complexity index is 711. The van der Waals surface area contributed by atoms with E-state index in [1.54, 1.807) is 7.11 Å². The van der Waals surface area contributed by atoms with E-state index in [0.717, 1.165) is 34.3 Å². The molecule has 0 radical (unpaired) electrons. The van der Waals surface area contributed by atoms with Crippen molar-refractivity contribution in [3.8, 4) is 11.5 Å². The van der Waals surface area contributed by atoms with E-state index < -0.39 is 0 Å². The number of benzene rings is 2. The van der Waals surface area contributed by atoms with Crippen molar-refractivity contribution in [3.63, 3.8) is 0 Å². The fraction of sp³-hybridized carbons (Fsp3) is 0.409. The van der Waals surface area contributed by atoms with Crippen molar-refractivity contribution in [2.75, 3.05) is 13.7 Å². The highest BCUT2D eigenvalue weighted by Crippen LogP contribution is 2.29. The fourth-order valence-electron chi connectivity index (χ4n) is 3.39. The largest absolute Gasteiger partial charge is 0.493 e. The Morgan fingerprint density at radius 3 is 2.54 bits per heavy atom. The predicted molar refractivity (Wildman–Crippen MR) is 110 cm³/mol. The molecule has 0 aromatic heterocycles. The van der Waals surface area contributed by atoms with Crippen LogP contribution in [0.4, 0.5) is 0 Å². The molecule has 0 spiro atoms. The SMILES string of the molecule is COc1cc(C(=S)NCC2CCCCC2)ccc1OCc1ccccc1. The molecule has 0 unspecified atom stereocenters. The first kappa shape index (κ1) is 18.7. The molecule has 0 saturated heterocycles. The normalized spacial score (nSPS) is 14.7. The van der Waals surface area contributed by atoms with Gasteiger partial charge in [0.25, 0.3) is 0 Å². The Labute approximate surface area is 161 Å². The van der Waals surface area contributed by atoms with E-state index in [1.165, 1.54) is 32.1 Å². The molecule has 138 valence electrons. The Morgan fingerprint density at radius 1 is 1.04 bits per heavy atom. The second-order valence-corrected chi connectivity index (χ2v) is 7.26. The molecule has 2 aromatic carbocycles. The first-order valence-electron chi connectivity index (χ1n) is 9.39. The van der Waals surface area contributed by atoms with Crippen LogP contribution in [-0.4, -0.2) is 18.6 Å². The molecule has 1 saturated carbocycles. The molecule has 0 heterocycles. The third-order valence-corrected chi connectivity index (χ3v) is 5.32. The van der Waals surface area contributed by atoms with Crippen molar-refractivity contribution in [1.82, 2.24) is 5.32 Å². The Kier molecular flexibility index (Phi) is 6.89. The van der Waals surface area contributed by atoms with Crippen LogP contribution in [0.3, 0.4) is 0 Å². The zero-order valence-electron chi connectivity index (χ0n) is 15.4. The quantitative estimate of drug-likeness (QED) is 0.686. The molecule has 0 atom stereocenters. The predicted octanol–water partition coefficient (Wildman–Crippen LogP) is 5.12. The van der Waals surface area contributed by atoms with Crippen molar-refractivity contribution in [3.05, 3.63) is 59.7 Å². The van der Waals surface area contributed by atoms with Crippen molar-refractivity contribution in [2.24, 2.45) is 5.92 Å². The van der Waals surface area contributed by atoms with Gasteiger partial charge in [0.15, 0.2) is 11.5 Å². The molecular weight excluding hydrogens is 342 g/mol. The summed E-state index contributed by atoms with van der Waals surface area (Å²) in [6.07, 6.45) is 6.69. The van der Waals surface area contributed by atoms with Crippen LogP contribution in [0.2, 0.25) is 0 Å². The van der Waals surface area contributed by atoms with Crippen molar-refractivity contribution >= 4 is 17.2 Å². The van der Waals surface area contributed by atoms with Crippen LogP contribution in [0.15, 0.2) is 48.5 Å². The maximum atomic E-state index is 5.92. The minimum Gasteiger partial charge on any atom is -0.493 e. The number of rotatable bonds is 7. The standard InChI is InChI=1S/C22H27NO2S/c1-24-21-14-19(22(26)23-15-17-8-4-2-5-9-17)12-13-20(21)25-16-18-10-6-3-7-11-18/h3,6-7,10-14,17H,2,4-5,8-9,15-16H2,1H3,(H,23,26). The molecule has 4 heteroatoms. The average Bonchev–Trinajstić information content (AvgIpc) is 2.72. The van der Waals surface area contributed by atoms with E-state index in [0.29, 0.717) is 12.4 Å². The Balaban J connectivity index is 1.59. The van der Waals surface area contributed by atoms with Crippen LogP contribution in [0.5, 0.6) is 11.5 Å². The van der Waals surface area contributed by atoms with Gasteiger partial charge in [-0.15, -0.1) is 0 Å². The summed E-state index contributed by atoms with van der Waals surface area (Å²) in [5.74, 6) is 2.19. The van der Waals surface area contributed by atoms with E-state index in [1.807, 2.05) is 48.5 Å². The monoisotopic (exact) mass is 369 g/mol. The number of hydrogen-bond donors (Lipinski definition) is 1. The van der Waals surface area contributed by atoms with Crippen LogP contribution in [0.25, 0.3) is 0 Å². The van der Waals surface area contributed by atoms with Gasteiger partial charge in [0.05, 0.1) is 7.11 Å². The van der Waals surface area contributed by atoms with E-state index in [-0.39, 0.29) is 0 Å². The molecule has 3 nitrogen and oxygen atoms in total. The maximum Gasteiger partial charge on any atom is 0.161 e. The zero-order chi connectivity index (χ0) is 18.2. The molecule has 1 N–H and O–H groups in total. The minimum atomic E-state index is 0.515. The van der Waals surface area contributed by atoms with Crippen molar-refractivity contribution in [2.45, 2.75) is 38.7 Å². The summed E-state index contributed by atoms with van der Waals surface area (Å²) in [6, 6.07) is 16.0. The number of ether oxygens (including phenoxy) is 2. The van der Waals surface area contributed by atoms with Crippen molar-refractivity contribution < 1.29 is 9.47 Å². The first-order chi connectivity index (χ1) is 12.8. The first-order valence-corrected chi connectivity index (χ1v) is 9.80. The molecular formula is C22H27NO2S. The molecule has 0 amide bonds. The Hall–Kier alpha value is -2.07. The van der Waals surface area contributed by atoms with E-state index in [4.69, 9.17) is 21.7 Å². The molecule has 1 aliphatic rings. The highest BCUT2D eigenvalue weighted by molar-refractivity contribution is 7.80. The highest BCUT2D eigenvalue weighted by Gasteiger charge is 2.14. The van der Waals surface area contributed by atoms with Gasteiger partial charge < -0.3 is 14.8 Å². The van der Waals surface area contributed by atoms with E-state index in [2.05, 4.69) is 5.32 Å². The maximum absolute atomic E-state index is 5.92. The topological polar surface area (TPSA) is 30.5 Å². The van der Waals surface area contributed by atoms with Crippen molar-refractivity contribution in [1.29, 1.82) is 0 Å². The van der Waals surface area contributed by atoms with Gasteiger partial charge >= 0.3 is 0 Å². The van der Waals surface area contributed by atoms with Crippen LogP contribution in [0.1, 0.15) is 43.2 Å². The van der Waals surface area contributed by atoms with Crippen LogP contribution >= 0.6 is 12.2 Å². The van der Waals surface area contributed by atoms with Gasteiger partial charge in [-0.05, 0) is 42.5 Å². The lowest BCUT2D eigenvalue weighted by Gasteiger charge is -2.22. The number of thiocarbonyl (C=S) groups is 1. The molecule has 3 rings (SSSR count). The zero-order valence-corrected chi connectivity index (χ0v) is 16.2. The summed E-state index contributed by atoms with van der Waals surface area (Å²) in [5, 5.41) is 3.43. The van der Waals surface area contributed by atoms with Gasteiger partial charge in [-0.1, -0.05) is 61.8 Å². The van der Waals surface area contributed by atoms with Gasteiger partial charge in [-0.3, -0.25) is 0 Å². The molecule has 0 aliphatic heterocycles. The number of methoxy groups -OCH3 is 1. The lowest BCUT2D eigenvalue weighted by Crippen LogP contribution is -2.29.